The number of nitrogens with one attached hydrogen (secondary N) is 2. The second kappa shape index (κ2) is 5.89. The first-order valence-corrected chi connectivity index (χ1v) is 7.13. The van der Waals surface area contributed by atoms with Crippen molar-refractivity contribution in [3.8, 4) is 5.75 Å². The number of rotatable bonds is 3. The van der Waals surface area contributed by atoms with Crippen molar-refractivity contribution < 1.29 is 14.3 Å². The van der Waals surface area contributed by atoms with Gasteiger partial charge in [-0.2, -0.15) is 0 Å². The quantitative estimate of drug-likeness (QED) is 0.855. The maximum atomic E-state index is 12.2. The van der Waals surface area contributed by atoms with E-state index in [1.807, 2.05) is 24.3 Å². The van der Waals surface area contributed by atoms with E-state index in [4.69, 9.17) is 4.74 Å². The molecule has 1 aliphatic rings. The van der Waals surface area contributed by atoms with Crippen LogP contribution in [0.2, 0.25) is 0 Å². The van der Waals surface area contributed by atoms with Crippen LogP contribution in [0.3, 0.4) is 0 Å². The van der Waals surface area contributed by atoms with Crippen LogP contribution in [0, 0.1) is 0 Å². The maximum Gasteiger partial charge on any atom is 0.275 e. The molecule has 1 unspecified atom stereocenters. The molecule has 5 nitrogen and oxygen atoms in total. The van der Waals surface area contributed by atoms with Crippen molar-refractivity contribution in [3.63, 3.8) is 0 Å². The van der Waals surface area contributed by atoms with Gasteiger partial charge in [0.15, 0.2) is 0 Å². The highest BCUT2D eigenvalue weighted by Crippen LogP contribution is 2.29. The van der Waals surface area contributed by atoms with E-state index >= 15 is 0 Å². The van der Waals surface area contributed by atoms with Gasteiger partial charge in [0.1, 0.15) is 5.75 Å². The minimum absolute atomic E-state index is 0.471. The summed E-state index contributed by atoms with van der Waals surface area (Å²) in [5.74, 6) is -0.471. The molecule has 5 heteroatoms. The van der Waals surface area contributed by atoms with E-state index in [1.54, 1.807) is 24.3 Å². The van der Waals surface area contributed by atoms with Crippen molar-refractivity contribution in [1.29, 1.82) is 0 Å². The first-order valence-electron chi connectivity index (χ1n) is 7.13. The average molecular weight is 296 g/mol. The summed E-state index contributed by atoms with van der Waals surface area (Å²) in [4.78, 5) is 24.2. The minimum atomic E-state index is -1.19. The smallest absolute Gasteiger partial charge is 0.275 e. The van der Waals surface area contributed by atoms with Crippen molar-refractivity contribution in [2.75, 3.05) is 10.6 Å². The lowest BCUT2D eigenvalue weighted by Gasteiger charge is -2.24. The molecule has 1 aliphatic heterocycles. The Kier molecular flexibility index (Phi) is 3.78. The first kappa shape index (κ1) is 14.1. The monoisotopic (exact) mass is 296 g/mol. The maximum absolute atomic E-state index is 12.2. The fraction of sp³-hybridized carbons (Fsp3) is 0.176. The molecule has 0 fully saturated rings. The first-order chi connectivity index (χ1) is 10.7. The van der Waals surface area contributed by atoms with E-state index < -0.39 is 17.9 Å². The van der Waals surface area contributed by atoms with Crippen LogP contribution >= 0.6 is 0 Å². The lowest BCUT2D eigenvalue weighted by molar-refractivity contribution is -0.133. The number of anilines is 2. The molecule has 22 heavy (non-hydrogen) atoms. The molecule has 2 aromatic carbocycles. The van der Waals surface area contributed by atoms with Crippen LogP contribution in [-0.2, 0) is 16.0 Å². The lowest BCUT2D eigenvalue weighted by Crippen LogP contribution is -2.45. The zero-order chi connectivity index (χ0) is 15.5. The Balaban J connectivity index is 1.73. The Morgan fingerprint density at radius 1 is 1.18 bits per heavy atom. The highest BCUT2D eigenvalue weighted by Gasteiger charge is 2.33. The van der Waals surface area contributed by atoms with Gasteiger partial charge in [0, 0.05) is 5.69 Å². The number of carbonyl (C=O) groups is 2. The Labute approximate surface area is 128 Å². The number of aryl methyl sites for hydroxylation is 1. The molecule has 1 heterocycles. The fourth-order valence-corrected chi connectivity index (χ4v) is 2.26. The number of carbonyl (C=O) groups excluding carboxylic acids is 2. The molecule has 2 N–H and O–H groups in total. The number of para-hydroxylation sites is 2. The number of benzene rings is 2. The van der Waals surface area contributed by atoms with Gasteiger partial charge >= 0.3 is 0 Å². The largest absolute Gasteiger partial charge is 0.468 e. The molecule has 0 aliphatic carbocycles. The molecule has 1 atom stereocenters. The van der Waals surface area contributed by atoms with Crippen molar-refractivity contribution in [2.24, 2.45) is 0 Å². The van der Waals surface area contributed by atoms with E-state index in [9.17, 15) is 9.59 Å². The van der Waals surface area contributed by atoms with Gasteiger partial charge in [-0.05, 0) is 36.2 Å². The Morgan fingerprint density at radius 3 is 2.64 bits per heavy atom. The third-order valence-corrected chi connectivity index (χ3v) is 3.50. The zero-order valence-corrected chi connectivity index (χ0v) is 12.1. The number of fused-ring (bicyclic) bond motifs is 1. The highest BCUT2D eigenvalue weighted by atomic mass is 16.5. The van der Waals surface area contributed by atoms with Crippen LogP contribution in [0.25, 0.3) is 0 Å². The Bertz CT molecular complexity index is 710. The molecular formula is C17H16N2O3. The Morgan fingerprint density at radius 2 is 1.91 bits per heavy atom. The van der Waals surface area contributed by atoms with Crippen molar-refractivity contribution >= 4 is 23.2 Å². The van der Waals surface area contributed by atoms with E-state index in [0.717, 1.165) is 6.42 Å². The summed E-state index contributed by atoms with van der Waals surface area (Å²) < 4.78 is 5.50. The third kappa shape index (κ3) is 2.79. The summed E-state index contributed by atoms with van der Waals surface area (Å²) in [7, 11) is 0. The molecule has 0 radical (unpaired) electrons. The van der Waals surface area contributed by atoms with Gasteiger partial charge in [-0.25, -0.2) is 0 Å². The second-order valence-electron chi connectivity index (χ2n) is 5.02. The predicted octanol–water partition coefficient (Wildman–Crippen LogP) is 2.59. The zero-order valence-electron chi connectivity index (χ0n) is 12.1. The van der Waals surface area contributed by atoms with E-state index in [2.05, 4.69) is 17.6 Å². The van der Waals surface area contributed by atoms with Gasteiger partial charge in [0.25, 0.3) is 17.9 Å². The molecule has 3 rings (SSSR count). The summed E-state index contributed by atoms with van der Waals surface area (Å²) in [6, 6.07) is 14.5. The van der Waals surface area contributed by atoms with Crippen molar-refractivity contribution in [1.82, 2.24) is 0 Å². The number of hydrogen-bond donors (Lipinski definition) is 2. The summed E-state index contributed by atoms with van der Waals surface area (Å²) in [6.07, 6.45) is -0.264. The summed E-state index contributed by atoms with van der Waals surface area (Å²) in [5, 5.41) is 5.37. The molecule has 2 aromatic rings. The van der Waals surface area contributed by atoms with Crippen LogP contribution in [0.1, 0.15) is 12.5 Å². The van der Waals surface area contributed by atoms with Gasteiger partial charge in [-0.3, -0.25) is 9.59 Å². The van der Waals surface area contributed by atoms with Gasteiger partial charge in [-0.15, -0.1) is 0 Å². The molecule has 0 aromatic heterocycles. The normalized spacial score (nSPS) is 16.2. The number of amides is 2. The highest BCUT2D eigenvalue weighted by molar-refractivity contribution is 6.15. The van der Waals surface area contributed by atoms with E-state index in [0.29, 0.717) is 17.1 Å². The number of ether oxygens (including phenoxy) is 1. The van der Waals surface area contributed by atoms with Gasteiger partial charge < -0.3 is 15.4 Å². The summed E-state index contributed by atoms with van der Waals surface area (Å²) >= 11 is 0. The van der Waals surface area contributed by atoms with Gasteiger partial charge in [0.05, 0.1) is 5.69 Å². The molecule has 0 bridgehead atoms. The van der Waals surface area contributed by atoms with Gasteiger partial charge in [-0.1, -0.05) is 31.2 Å². The van der Waals surface area contributed by atoms with E-state index in [1.165, 1.54) is 5.56 Å². The molecular weight excluding hydrogens is 280 g/mol. The molecule has 0 saturated carbocycles. The van der Waals surface area contributed by atoms with Crippen LogP contribution in [0.15, 0.2) is 48.5 Å². The summed E-state index contributed by atoms with van der Waals surface area (Å²) in [6.45, 7) is 2.06. The second-order valence-corrected chi connectivity index (χ2v) is 5.02. The van der Waals surface area contributed by atoms with Crippen LogP contribution in [0.5, 0.6) is 5.75 Å². The molecule has 2 amide bonds. The molecule has 112 valence electrons. The Hall–Kier alpha value is -2.82. The van der Waals surface area contributed by atoms with Crippen LogP contribution in [-0.4, -0.2) is 17.9 Å². The fourth-order valence-electron chi connectivity index (χ4n) is 2.26. The van der Waals surface area contributed by atoms with Crippen LogP contribution < -0.4 is 15.4 Å². The van der Waals surface area contributed by atoms with E-state index in [-0.39, 0.29) is 0 Å². The number of hydrogen-bond acceptors (Lipinski definition) is 3. The standard InChI is InChI=1S/C17H16N2O3/c1-2-11-7-9-12(10-8-11)18-16(20)15-17(21)19-13-5-3-4-6-14(13)22-15/h3-10,15H,2H2,1H3,(H,18,20)(H,19,21). The van der Waals surface area contributed by atoms with Gasteiger partial charge in [0.2, 0.25) is 0 Å². The summed E-state index contributed by atoms with van der Waals surface area (Å²) in [5.41, 5.74) is 2.39. The van der Waals surface area contributed by atoms with Crippen molar-refractivity contribution in [2.45, 2.75) is 19.4 Å². The SMILES string of the molecule is CCc1ccc(NC(=O)C2Oc3ccccc3NC2=O)cc1. The average Bonchev–Trinajstić information content (AvgIpc) is 2.54. The molecule has 0 saturated heterocycles. The van der Waals surface area contributed by atoms with Crippen molar-refractivity contribution in [3.05, 3.63) is 54.1 Å². The predicted molar refractivity (Wildman–Crippen MR) is 83.9 cm³/mol. The third-order valence-electron chi connectivity index (χ3n) is 3.50. The lowest BCUT2D eigenvalue weighted by atomic mass is 10.1. The topological polar surface area (TPSA) is 67.4 Å². The van der Waals surface area contributed by atoms with Crippen LogP contribution in [0.4, 0.5) is 11.4 Å². The molecule has 0 spiro atoms. The minimum Gasteiger partial charge on any atom is -0.468 e.